The van der Waals surface area contributed by atoms with Gasteiger partial charge in [0.1, 0.15) is 5.60 Å². The van der Waals surface area contributed by atoms with E-state index in [2.05, 4.69) is 0 Å². The second-order valence-electron chi connectivity index (χ2n) is 7.90. The first-order valence-electron chi connectivity index (χ1n) is 7.75. The van der Waals surface area contributed by atoms with Crippen molar-refractivity contribution in [2.24, 2.45) is 11.3 Å². The quantitative estimate of drug-likeness (QED) is 0.726. The predicted molar refractivity (Wildman–Crippen MR) is 83.0 cm³/mol. The molecule has 1 saturated heterocycles. The Hall–Kier alpha value is -0.820. The van der Waals surface area contributed by atoms with Gasteiger partial charge < -0.3 is 9.64 Å². The van der Waals surface area contributed by atoms with Crippen molar-refractivity contribution in [3.8, 4) is 0 Å². The van der Waals surface area contributed by atoms with Crippen LogP contribution in [0.2, 0.25) is 0 Å². The van der Waals surface area contributed by atoms with Gasteiger partial charge in [-0.25, -0.2) is 4.79 Å². The molecule has 2 aliphatic rings. The summed E-state index contributed by atoms with van der Waals surface area (Å²) in [5.41, 5.74) is -0.373. The molecule has 1 aliphatic heterocycles. The van der Waals surface area contributed by atoms with Gasteiger partial charge in [0.25, 0.3) is 10.1 Å². The SMILES string of the molecule is C[C@H]1CC2(CC[C@@H]1OS(C)(=O)=O)CN(C(=O)OC(C)(C)C)C2. The molecule has 0 bridgehead atoms. The van der Waals surface area contributed by atoms with Gasteiger partial charge in [-0.1, -0.05) is 6.92 Å². The molecule has 1 heterocycles. The Morgan fingerprint density at radius 1 is 1.27 bits per heavy atom. The van der Waals surface area contributed by atoms with Gasteiger partial charge >= 0.3 is 6.09 Å². The number of amides is 1. The van der Waals surface area contributed by atoms with Crippen LogP contribution in [-0.2, 0) is 19.0 Å². The van der Waals surface area contributed by atoms with Crippen molar-refractivity contribution in [2.75, 3.05) is 19.3 Å². The van der Waals surface area contributed by atoms with Gasteiger partial charge in [0, 0.05) is 18.5 Å². The monoisotopic (exact) mass is 333 g/mol. The van der Waals surface area contributed by atoms with Crippen molar-refractivity contribution < 1.29 is 22.1 Å². The molecule has 0 aromatic carbocycles. The Labute approximate surface area is 133 Å². The summed E-state index contributed by atoms with van der Waals surface area (Å²) in [4.78, 5) is 13.7. The van der Waals surface area contributed by atoms with Gasteiger partial charge in [0.2, 0.25) is 0 Å². The van der Waals surface area contributed by atoms with E-state index in [1.165, 1.54) is 0 Å². The van der Waals surface area contributed by atoms with Gasteiger partial charge in [-0.2, -0.15) is 8.42 Å². The zero-order valence-corrected chi connectivity index (χ0v) is 14.9. The number of carbonyl (C=O) groups is 1. The van der Waals surface area contributed by atoms with Crippen molar-refractivity contribution in [1.82, 2.24) is 4.90 Å². The molecule has 0 radical (unpaired) electrons. The maximum Gasteiger partial charge on any atom is 0.410 e. The third-order valence-electron chi connectivity index (χ3n) is 4.35. The average molecular weight is 333 g/mol. The summed E-state index contributed by atoms with van der Waals surface area (Å²) in [5, 5.41) is 0. The molecule has 1 amide bonds. The lowest BCUT2D eigenvalue weighted by Crippen LogP contribution is -2.61. The summed E-state index contributed by atoms with van der Waals surface area (Å²) in [7, 11) is -3.41. The second kappa shape index (κ2) is 5.67. The van der Waals surface area contributed by atoms with Gasteiger partial charge in [-0.3, -0.25) is 4.18 Å². The molecule has 7 heteroatoms. The maximum atomic E-state index is 12.0. The minimum Gasteiger partial charge on any atom is -0.444 e. The minimum absolute atomic E-state index is 0.105. The Bertz CT molecular complexity index is 531. The zero-order valence-electron chi connectivity index (χ0n) is 14.1. The zero-order chi connectivity index (χ0) is 16.8. The molecule has 2 atom stereocenters. The molecule has 0 N–H and O–H groups in total. The van der Waals surface area contributed by atoms with Gasteiger partial charge in [0.05, 0.1) is 12.4 Å². The normalized spacial score (nSPS) is 28.3. The lowest BCUT2D eigenvalue weighted by atomic mass is 9.64. The summed E-state index contributed by atoms with van der Waals surface area (Å²) in [6.45, 7) is 8.98. The molecular formula is C15H27NO5S. The van der Waals surface area contributed by atoms with Crippen molar-refractivity contribution in [1.29, 1.82) is 0 Å². The first-order valence-corrected chi connectivity index (χ1v) is 9.57. The first-order chi connectivity index (χ1) is 9.89. The molecule has 2 rings (SSSR count). The van der Waals surface area contributed by atoms with Crippen LogP contribution in [0.25, 0.3) is 0 Å². The highest BCUT2D eigenvalue weighted by atomic mass is 32.2. The summed E-state index contributed by atoms with van der Waals surface area (Å²) in [6, 6.07) is 0. The number of rotatable bonds is 2. The largest absolute Gasteiger partial charge is 0.444 e. The van der Waals surface area contributed by atoms with Crippen LogP contribution in [0.15, 0.2) is 0 Å². The van der Waals surface area contributed by atoms with Crippen LogP contribution >= 0.6 is 0 Å². The molecule has 2 fully saturated rings. The van der Waals surface area contributed by atoms with E-state index in [0.29, 0.717) is 13.1 Å². The van der Waals surface area contributed by atoms with Gasteiger partial charge in [-0.15, -0.1) is 0 Å². The van der Waals surface area contributed by atoms with Crippen LogP contribution in [0.3, 0.4) is 0 Å². The Morgan fingerprint density at radius 3 is 2.32 bits per heavy atom. The summed E-state index contributed by atoms with van der Waals surface area (Å²) >= 11 is 0. The smallest absolute Gasteiger partial charge is 0.410 e. The predicted octanol–water partition coefficient (Wildman–Crippen LogP) is 2.39. The Kier molecular flexibility index (Phi) is 4.52. The Balaban J connectivity index is 1.86. The van der Waals surface area contributed by atoms with E-state index in [0.717, 1.165) is 25.5 Å². The first kappa shape index (κ1) is 17.5. The molecule has 1 aliphatic carbocycles. The fourth-order valence-corrected chi connectivity index (χ4v) is 4.26. The molecule has 128 valence electrons. The Morgan fingerprint density at radius 2 is 1.86 bits per heavy atom. The van der Waals surface area contributed by atoms with E-state index >= 15 is 0 Å². The number of carbonyl (C=O) groups excluding carboxylic acids is 1. The number of ether oxygens (including phenoxy) is 1. The van der Waals surface area contributed by atoms with E-state index in [4.69, 9.17) is 8.92 Å². The van der Waals surface area contributed by atoms with Crippen molar-refractivity contribution in [3.05, 3.63) is 0 Å². The molecule has 0 unspecified atom stereocenters. The van der Waals surface area contributed by atoms with Crippen LogP contribution in [-0.4, -0.2) is 50.5 Å². The van der Waals surface area contributed by atoms with Crippen LogP contribution < -0.4 is 0 Å². The summed E-state index contributed by atoms with van der Waals surface area (Å²) in [6.07, 6.45) is 3.08. The van der Waals surface area contributed by atoms with Crippen LogP contribution in [0.4, 0.5) is 4.79 Å². The molecule has 0 aromatic heterocycles. The highest BCUT2D eigenvalue weighted by Crippen LogP contribution is 2.47. The lowest BCUT2D eigenvalue weighted by Gasteiger charge is -2.54. The van der Waals surface area contributed by atoms with Crippen LogP contribution in [0.1, 0.15) is 47.0 Å². The molecule has 1 saturated carbocycles. The third-order valence-corrected chi connectivity index (χ3v) is 4.95. The highest BCUT2D eigenvalue weighted by molar-refractivity contribution is 7.86. The van der Waals surface area contributed by atoms with Gasteiger partial charge in [-0.05, 0) is 46.0 Å². The standard InChI is InChI=1S/C15H27NO5S/c1-11-8-15(7-6-12(11)21-22(5,18)19)9-16(10-15)13(17)20-14(2,3)4/h11-12H,6-10H2,1-5H3/t11-,12-/m0/s1. The van der Waals surface area contributed by atoms with Crippen LogP contribution in [0.5, 0.6) is 0 Å². The molecular weight excluding hydrogens is 306 g/mol. The number of nitrogens with zero attached hydrogens (tertiary/aromatic N) is 1. The topological polar surface area (TPSA) is 72.9 Å². The number of likely N-dealkylation sites (tertiary alicyclic amines) is 1. The summed E-state index contributed by atoms with van der Waals surface area (Å²) < 4.78 is 33.1. The molecule has 22 heavy (non-hydrogen) atoms. The number of hydrogen-bond donors (Lipinski definition) is 0. The van der Waals surface area contributed by atoms with Crippen LogP contribution in [0, 0.1) is 11.3 Å². The second-order valence-corrected chi connectivity index (χ2v) is 9.50. The third kappa shape index (κ3) is 4.35. The van der Waals surface area contributed by atoms with Crippen molar-refractivity contribution in [2.45, 2.75) is 58.7 Å². The van der Waals surface area contributed by atoms with E-state index in [9.17, 15) is 13.2 Å². The van der Waals surface area contributed by atoms with Crippen molar-refractivity contribution >= 4 is 16.2 Å². The molecule has 1 spiro atoms. The lowest BCUT2D eigenvalue weighted by molar-refractivity contribution is -0.0748. The summed E-state index contributed by atoms with van der Waals surface area (Å²) in [5.74, 6) is 0.171. The molecule has 0 aromatic rings. The van der Waals surface area contributed by atoms with E-state index in [1.807, 2.05) is 27.7 Å². The van der Waals surface area contributed by atoms with Gasteiger partial charge in [0.15, 0.2) is 0 Å². The number of hydrogen-bond acceptors (Lipinski definition) is 5. The minimum atomic E-state index is -3.41. The highest BCUT2D eigenvalue weighted by Gasteiger charge is 2.50. The van der Waals surface area contributed by atoms with E-state index < -0.39 is 15.7 Å². The fraction of sp³-hybridized carbons (Fsp3) is 0.933. The average Bonchev–Trinajstić information content (AvgIpc) is 2.24. The maximum absolute atomic E-state index is 12.0. The van der Waals surface area contributed by atoms with Crippen molar-refractivity contribution in [3.63, 3.8) is 0 Å². The van der Waals surface area contributed by atoms with E-state index in [1.54, 1.807) is 4.90 Å². The van der Waals surface area contributed by atoms with E-state index in [-0.39, 0.29) is 23.5 Å². The fourth-order valence-electron chi connectivity index (χ4n) is 3.52. The molecule has 6 nitrogen and oxygen atoms in total.